The summed E-state index contributed by atoms with van der Waals surface area (Å²) in [6, 6.07) is 0.359. The average molecular weight is 177 g/mol. The Bertz CT molecular complexity index is 264. The molecule has 0 saturated heterocycles. The third-order valence-corrected chi connectivity index (χ3v) is 2.50. The van der Waals surface area contributed by atoms with Crippen LogP contribution in [0.25, 0.3) is 0 Å². The number of allylic oxidation sites excluding steroid dienone is 2. The molecule has 1 heterocycles. The van der Waals surface area contributed by atoms with Crippen molar-refractivity contribution in [1.29, 1.82) is 0 Å². The van der Waals surface area contributed by atoms with Crippen LogP contribution in [0, 0.1) is 11.8 Å². The minimum Gasteiger partial charge on any atom is -0.478 e. The van der Waals surface area contributed by atoms with Crippen molar-refractivity contribution in [2.75, 3.05) is 6.61 Å². The maximum absolute atomic E-state index is 5.56. The summed E-state index contributed by atoms with van der Waals surface area (Å²) in [4.78, 5) is 4.56. The fourth-order valence-electron chi connectivity index (χ4n) is 1.53. The summed E-state index contributed by atoms with van der Waals surface area (Å²) in [5.74, 6) is 1.76. The SMILES string of the molecule is CC(C)[C@@H]1COC(C2C=CC=C2)=N1. The van der Waals surface area contributed by atoms with E-state index in [0.29, 0.717) is 17.9 Å². The second kappa shape index (κ2) is 3.36. The highest BCUT2D eigenvalue weighted by molar-refractivity contribution is 5.84. The number of nitrogens with zero attached hydrogens (tertiary/aromatic N) is 1. The van der Waals surface area contributed by atoms with Gasteiger partial charge < -0.3 is 4.74 Å². The lowest BCUT2D eigenvalue weighted by Crippen LogP contribution is -2.13. The summed E-state index contributed by atoms with van der Waals surface area (Å²) in [5, 5.41) is 0. The molecule has 0 aromatic rings. The van der Waals surface area contributed by atoms with Gasteiger partial charge in [0.05, 0.1) is 12.0 Å². The predicted molar refractivity (Wildman–Crippen MR) is 53.8 cm³/mol. The van der Waals surface area contributed by atoms with Crippen LogP contribution >= 0.6 is 0 Å². The Morgan fingerprint density at radius 2 is 2.08 bits per heavy atom. The van der Waals surface area contributed by atoms with Gasteiger partial charge in [0.1, 0.15) is 6.61 Å². The Morgan fingerprint density at radius 3 is 2.62 bits per heavy atom. The maximum atomic E-state index is 5.56. The monoisotopic (exact) mass is 177 g/mol. The van der Waals surface area contributed by atoms with Gasteiger partial charge in [0.25, 0.3) is 0 Å². The highest BCUT2D eigenvalue weighted by Crippen LogP contribution is 2.20. The van der Waals surface area contributed by atoms with Crippen LogP contribution in [0.5, 0.6) is 0 Å². The summed E-state index contributed by atoms with van der Waals surface area (Å²) in [7, 11) is 0. The third-order valence-electron chi connectivity index (χ3n) is 2.50. The molecular weight excluding hydrogens is 162 g/mol. The van der Waals surface area contributed by atoms with Crippen LogP contribution in [0.2, 0.25) is 0 Å². The predicted octanol–water partition coefficient (Wildman–Crippen LogP) is 2.18. The molecule has 0 radical (unpaired) electrons. The van der Waals surface area contributed by atoms with Crippen molar-refractivity contribution in [2.24, 2.45) is 16.8 Å². The molecule has 0 amide bonds. The largest absolute Gasteiger partial charge is 0.478 e. The molecule has 1 aliphatic heterocycles. The van der Waals surface area contributed by atoms with E-state index in [1.807, 2.05) is 12.2 Å². The van der Waals surface area contributed by atoms with E-state index in [0.717, 1.165) is 12.5 Å². The lowest BCUT2D eigenvalue weighted by molar-refractivity contribution is 0.284. The zero-order chi connectivity index (χ0) is 9.26. The van der Waals surface area contributed by atoms with Gasteiger partial charge in [-0.1, -0.05) is 38.2 Å². The first-order valence-electron chi connectivity index (χ1n) is 4.83. The van der Waals surface area contributed by atoms with Crippen LogP contribution < -0.4 is 0 Å². The van der Waals surface area contributed by atoms with E-state index >= 15 is 0 Å². The molecule has 0 fully saturated rings. The molecule has 1 atom stereocenters. The van der Waals surface area contributed by atoms with Gasteiger partial charge in [-0.2, -0.15) is 0 Å². The van der Waals surface area contributed by atoms with Crippen LogP contribution in [0.15, 0.2) is 29.3 Å². The molecule has 2 aliphatic rings. The maximum Gasteiger partial charge on any atom is 0.194 e. The summed E-state index contributed by atoms with van der Waals surface area (Å²) in [6.45, 7) is 5.12. The van der Waals surface area contributed by atoms with Crippen LogP contribution in [-0.2, 0) is 4.74 Å². The van der Waals surface area contributed by atoms with E-state index in [1.54, 1.807) is 0 Å². The van der Waals surface area contributed by atoms with Gasteiger partial charge in [0.15, 0.2) is 5.90 Å². The Labute approximate surface area is 79.0 Å². The molecule has 2 nitrogen and oxygen atoms in total. The summed E-state index contributed by atoms with van der Waals surface area (Å²) in [6.07, 6.45) is 8.31. The Morgan fingerprint density at radius 1 is 1.38 bits per heavy atom. The van der Waals surface area contributed by atoms with Gasteiger partial charge in [-0.05, 0) is 5.92 Å². The second-order valence-corrected chi connectivity index (χ2v) is 3.89. The minimum atomic E-state index is 0.295. The Hall–Kier alpha value is -1.05. The van der Waals surface area contributed by atoms with E-state index in [9.17, 15) is 0 Å². The van der Waals surface area contributed by atoms with Gasteiger partial charge >= 0.3 is 0 Å². The molecule has 1 aliphatic carbocycles. The molecule has 0 aromatic carbocycles. The van der Waals surface area contributed by atoms with E-state index < -0.39 is 0 Å². The van der Waals surface area contributed by atoms with Gasteiger partial charge in [0, 0.05) is 0 Å². The average Bonchev–Trinajstić information content (AvgIpc) is 2.75. The minimum absolute atomic E-state index is 0.295. The second-order valence-electron chi connectivity index (χ2n) is 3.89. The van der Waals surface area contributed by atoms with Crippen molar-refractivity contribution in [3.63, 3.8) is 0 Å². The van der Waals surface area contributed by atoms with Gasteiger partial charge in [-0.25, -0.2) is 4.99 Å². The van der Waals surface area contributed by atoms with E-state index in [2.05, 4.69) is 31.0 Å². The molecular formula is C11H15NO. The van der Waals surface area contributed by atoms with Crippen molar-refractivity contribution in [3.05, 3.63) is 24.3 Å². The van der Waals surface area contributed by atoms with Crippen molar-refractivity contribution in [1.82, 2.24) is 0 Å². The lowest BCUT2D eigenvalue weighted by Gasteiger charge is -2.06. The van der Waals surface area contributed by atoms with Gasteiger partial charge in [-0.15, -0.1) is 0 Å². The summed E-state index contributed by atoms with van der Waals surface area (Å²) in [5.41, 5.74) is 0. The standard InChI is InChI=1S/C11H15NO/c1-8(2)10-7-13-11(12-10)9-5-3-4-6-9/h3-6,8-10H,7H2,1-2H3/t10-/m0/s1. The van der Waals surface area contributed by atoms with E-state index in [-0.39, 0.29) is 0 Å². The first-order valence-corrected chi connectivity index (χ1v) is 4.83. The number of rotatable bonds is 2. The topological polar surface area (TPSA) is 21.6 Å². The summed E-state index contributed by atoms with van der Waals surface area (Å²) >= 11 is 0. The van der Waals surface area contributed by atoms with Crippen LogP contribution in [0.4, 0.5) is 0 Å². The van der Waals surface area contributed by atoms with Gasteiger partial charge in [-0.3, -0.25) is 0 Å². The smallest absolute Gasteiger partial charge is 0.194 e. The van der Waals surface area contributed by atoms with Crippen LogP contribution in [-0.4, -0.2) is 18.5 Å². The summed E-state index contributed by atoms with van der Waals surface area (Å²) < 4.78 is 5.56. The van der Waals surface area contributed by atoms with Crippen molar-refractivity contribution in [3.8, 4) is 0 Å². The number of hydrogen-bond acceptors (Lipinski definition) is 2. The fourth-order valence-corrected chi connectivity index (χ4v) is 1.53. The molecule has 70 valence electrons. The Kier molecular flexibility index (Phi) is 2.21. The molecule has 0 saturated carbocycles. The molecule has 2 heteroatoms. The van der Waals surface area contributed by atoms with Crippen LogP contribution in [0.3, 0.4) is 0 Å². The number of hydrogen-bond donors (Lipinski definition) is 0. The molecule has 0 N–H and O–H groups in total. The zero-order valence-corrected chi connectivity index (χ0v) is 8.10. The van der Waals surface area contributed by atoms with Crippen molar-refractivity contribution < 1.29 is 4.74 Å². The Balaban J connectivity index is 2.05. The first kappa shape index (κ1) is 8.54. The molecule has 0 spiro atoms. The molecule has 0 unspecified atom stereocenters. The van der Waals surface area contributed by atoms with Crippen molar-refractivity contribution >= 4 is 5.90 Å². The fraction of sp³-hybridized carbons (Fsp3) is 0.545. The molecule has 0 aromatic heterocycles. The molecule has 13 heavy (non-hydrogen) atoms. The zero-order valence-electron chi connectivity index (χ0n) is 8.10. The highest BCUT2D eigenvalue weighted by Gasteiger charge is 2.25. The third kappa shape index (κ3) is 1.67. The van der Waals surface area contributed by atoms with E-state index in [1.165, 1.54) is 0 Å². The normalized spacial score (nSPS) is 27.0. The van der Waals surface area contributed by atoms with E-state index in [4.69, 9.17) is 4.74 Å². The van der Waals surface area contributed by atoms with Crippen molar-refractivity contribution in [2.45, 2.75) is 19.9 Å². The lowest BCUT2D eigenvalue weighted by atomic mass is 10.1. The highest BCUT2D eigenvalue weighted by atomic mass is 16.5. The molecule has 0 bridgehead atoms. The number of ether oxygens (including phenoxy) is 1. The van der Waals surface area contributed by atoms with Gasteiger partial charge in [0.2, 0.25) is 0 Å². The van der Waals surface area contributed by atoms with Crippen LogP contribution in [0.1, 0.15) is 13.8 Å². The molecule has 2 rings (SSSR count). The quantitative estimate of drug-likeness (QED) is 0.633. The first-order chi connectivity index (χ1) is 6.27. The number of aliphatic imine (C=N–C) groups is 1.